The van der Waals surface area contributed by atoms with E-state index in [1.54, 1.807) is 43.5 Å². The smallest absolute Gasteiger partial charge is 0.306 e. The molecule has 0 aliphatic heterocycles. The fourth-order valence-corrected chi connectivity index (χ4v) is 2.33. The Morgan fingerprint density at radius 2 is 1.63 bits per heavy atom. The zero-order valence-electron chi connectivity index (χ0n) is 14.9. The monoisotopic (exact) mass is 389 g/mol. The molecule has 1 amide bonds. The second kappa shape index (κ2) is 10.3. The van der Waals surface area contributed by atoms with E-state index in [0.717, 1.165) is 11.3 Å². The maximum Gasteiger partial charge on any atom is 0.306 e. The van der Waals surface area contributed by atoms with Crippen LogP contribution in [0.15, 0.2) is 48.5 Å². The first-order valence-corrected chi connectivity index (χ1v) is 8.69. The molecule has 0 aliphatic rings. The number of ether oxygens (including phenoxy) is 2. The molecule has 0 radical (unpaired) electrons. The van der Waals surface area contributed by atoms with E-state index in [2.05, 4.69) is 5.32 Å². The lowest BCUT2D eigenvalue weighted by atomic mass is 10.1. The van der Waals surface area contributed by atoms with E-state index in [-0.39, 0.29) is 25.2 Å². The molecular formula is C20H20ClNO5. The Morgan fingerprint density at radius 1 is 0.963 bits per heavy atom. The van der Waals surface area contributed by atoms with Crippen molar-refractivity contribution in [2.75, 3.05) is 13.7 Å². The van der Waals surface area contributed by atoms with Gasteiger partial charge in [0.15, 0.2) is 12.4 Å². The number of carbonyl (C=O) groups is 3. The van der Waals surface area contributed by atoms with E-state index in [4.69, 9.17) is 21.1 Å². The SMILES string of the molecule is COc1ccc(CNC(=O)COC(=O)CCC(=O)c2ccc(Cl)cc2)cc1. The third-order valence-corrected chi connectivity index (χ3v) is 3.99. The van der Waals surface area contributed by atoms with Gasteiger partial charge in [-0.3, -0.25) is 14.4 Å². The summed E-state index contributed by atoms with van der Waals surface area (Å²) in [5.41, 5.74) is 1.37. The van der Waals surface area contributed by atoms with Crippen LogP contribution in [0.2, 0.25) is 5.02 Å². The van der Waals surface area contributed by atoms with E-state index in [0.29, 0.717) is 17.1 Å². The summed E-state index contributed by atoms with van der Waals surface area (Å²) in [4.78, 5) is 35.4. The van der Waals surface area contributed by atoms with E-state index >= 15 is 0 Å². The minimum atomic E-state index is -0.600. The van der Waals surface area contributed by atoms with Crippen molar-refractivity contribution in [1.82, 2.24) is 5.32 Å². The van der Waals surface area contributed by atoms with Gasteiger partial charge in [0.05, 0.1) is 13.5 Å². The second-order valence-electron chi connectivity index (χ2n) is 5.72. The van der Waals surface area contributed by atoms with Gasteiger partial charge in [-0.05, 0) is 42.0 Å². The summed E-state index contributed by atoms with van der Waals surface area (Å²) >= 11 is 5.76. The quantitative estimate of drug-likeness (QED) is 0.526. The fourth-order valence-electron chi connectivity index (χ4n) is 2.21. The molecule has 0 bridgehead atoms. The number of hydrogen-bond acceptors (Lipinski definition) is 5. The molecule has 0 spiro atoms. The van der Waals surface area contributed by atoms with Crippen LogP contribution in [0.3, 0.4) is 0 Å². The van der Waals surface area contributed by atoms with Crippen molar-refractivity contribution >= 4 is 29.3 Å². The lowest BCUT2D eigenvalue weighted by molar-refractivity contribution is -0.148. The molecule has 2 aromatic rings. The number of methoxy groups -OCH3 is 1. The van der Waals surface area contributed by atoms with Gasteiger partial charge >= 0.3 is 5.97 Å². The molecule has 0 atom stereocenters. The molecule has 0 aliphatic carbocycles. The van der Waals surface area contributed by atoms with E-state index < -0.39 is 11.9 Å². The number of Topliss-reactive ketones (excluding diaryl/α,β-unsaturated/α-hetero) is 1. The molecule has 0 saturated heterocycles. The van der Waals surface area contributed by atoms with Crippen LogP contribution >= 0.6 is 11.6 Å². The summed E-state index contributed by atoms with van der Waals surface area (Å²) in [5, 5.41) is 3.19. The summed E-state index contributed by atoms with van der Waals surface area (Å²) in [5.74, 6) is -0.472. The minimum Gasteiger partial charge on any atom is -0.497 e. The second-order valence-corrected chi connectivity index (χ2v) is 6.15. The number of halogens is 1. The van der Waals surface area contributed by atoms with Crippen LogP contribution in [-0.4, -0.2) is 31.4 Å². The lowest BCUT2D eigenvalue weighted by Crippen LogP contribution is -2.28. The summed E-state index contributed by atoms with van der Waals surface area (Å²) < 4.78 is 9.95. The Labute approximate surface area is 162 Å². The Morgan fingerprint density at radius 3 is 2.26 bits per heavy atom. The molecule has 7 heteroatoms. The first kappa shape index (κ1) is 20.5. The molecule has 0 unspecified atom stereocenters. The van der Waals surface area contributed by atoms with E-state index in [1.165, 1.54) is 0 Å². The first-order chi connectivity index (χ1) is 13.0. The Kier molecular flexibility index (Phi) is 7.82. The van der Waals surface area contributed by atoms with Crippen LogP contribution in [0.1, 0.15) is 28.8 Å². The van der Waals surface area contributed by atoms with Crippen molar-refractivity contribution < 1.29 is 23.9 Å². The van der Waals surface area contributed by atoms with Crippen LogP contribution in [0.5, 0.6) is 5.75 Å². The zero-order chi connectivity index (χ0) is 19.6. The number of esters is 1. The number of nitrogens with one attached hydrogen (secondary N) is 1. The van der Waals surface area contributed by atoms with Crippen LogP contribution in [0.4, 0.5) is 0 Å². The van der Waals surface area contributed by atoms with Gasteiger partial charge in [0.1, 0.15) is 5.75 Å². The zero-order valence-corrected chi connectivity index (χ0v) is 15.6. The largest absolute Gasteiger partial charge is 0.497 e. The van der Waals surface area contributed by atoms with Gasteiger partial charge in [0.2, 0.25) is 0 Å². The number of benzene rings is 2. The molecule has 6 nitrogen and oxygen atoms in total. The summed E-state index contributed by atoms with van der Waals surface area (Å²) in [6.07, 6.45) is -0.0822. The van der Waals surface area contributed by atoms with Crippen LogP contribution in [-0.2, 0) is 20.9 Å². The number of carbonyl (C=O) groups excluding carboxylic acids is 3. The highest BCUT2D eigenvalue weighted by Crippen LogP contribution is 2.12. The predicted octanol–water partition coefficient (Wildman–Crippen LogP) is 3.17. The van der Waals surface area contributed by atoms with Crippen LogP contribution in [0, 0.1) is 0 Å². The maximum absolute atomic E-state index is 12.0. The number of amides is 1. The molecule has 0 saturated carbocycles. The fraction of sp³-hybridized carbons (Fsp3) is 0.250. The molecule has 142 valence electrons. The van der Waals surface area contributed by atoms with Crippen molar-refractivity contribution in [2.24, 2.45) is 0 Å². The molecule has 2 aromatic carbocycles. The highest BCUT2D eigenvalue weighted by Gasteiger charge is 2.12. The maximum atomic E-state index is 12.0. The van der Waals surface area contributed by atoms with Crippen LogP contribution in [0.25, 0.3) is 0 Å². The van der Waals surface area contributed by atoms with Crippen molar-refractivity contribution in [3.63, 3.8) is 0 Å². The van der Waals surface area contributed by atoms with Crippen LogP contribution < -0.4 is 10.1 Å². The summed E-state index contributed by atoms with van der Waals surface area (Å²) in [6.45, 7) is -0.0699. The Balaban J connectivity index is 1.66. The molecule has 0 aromatic heterocycles. The highest BCUT2D eigenvalue weighted by molar-refractivity contribution is 6.30. The Hall–Kier alpha value is -2.86. The van der Waals surface area contributed by atoms with Gasteiger partial charge < -0.3 is 14.8 Å². The van der Waals surface area contributed by atoms with E-state index in [9.17, 15) is 14.4 Å². The molecule has 0 heterocycles. The van der Waals surface area contributed by atoms with Gasteiger partial charge in [0.25, 0.3) is 5.91 Å². The molecule has 27 heavy (non-hydrogen) atoms. The normalized spacial score (nSPS) is 10.1. The average Bonchev–Trinajstić information content (AvgIpc) is 2.69. The summed E-state index contributed by atoms with van der Waals surface area (Å²) in [6, 6.07) is 13.7. The average molecular weight is 390 g/mol. The third-order valence-electron chi connectivity index (χ3n) is 3.74. The first-order valence-electron chi connectivity index (χ1n) is 8.32. The summed E-state index contributed by atoms with van der Waals surface area (Å²) in [7, 11) is 1.58. The van der Waals surface area contributed by atoms with E-state index in [1.807, 2.05) is 12.1 Å². The van der Waals surface area contributed by atoms with Gasteiger partial charge in [-0.2, -0.15) is 0 Å². The van der Waals surface area contributed by atoms with Gasteiger partial charge in [0, 0.05) is 23.6 Å². The van der Waals surface area contributed by atoms with Crippen molar-refractivity contribution in [3.05, 3.63) is 64.7 Å². The van der Waals surface area contributed by atoms with Crippen molar-refractivity contribution in [2.45, 2.75) is 19.4 Å². The molecule has 0 fully saturated rings. The minimum absolute atomic E-state index is 0.00787. The lowest BCUT2D eigenvalue weighted by Gasteiger charge is -2.07. The molecule has 1 N–H and O–H groups in total. The number of hydrogen-bond donors (Lipinski definition) is 1. The van der Waals surface area contributed by atoms with Gasteiger partial charge in [-0.25, -0.2) is 0 Å². The number of ketones is 1. The van der Waals surface area contributed by atoms with Gasteiger partial charge in [-0.15, -0.1) is 0 Å². The molecular weight excluding hydrogens is 370 g/mol. The number of rotatable bonds is 9. The third kappa shape index (κ3) is 7.11. The van der Waals surface area contributed by atoms with Gasteiger partial charge in [-0.1, -0.05) is 23.7 Å². The highest BCUT2D eigenvalue weighted by atomic mass is 35.5. The molecule has 2 rings (SSSR count). The van der Waals surface area contributed by atoms with Crippen molar-refractivity contribution in [1.29, 1.82) is 0 Å². The Bertz CT molecular complexity index is 787. The standard InChI is InChI=1S/C20H20ClNO5/c1-26-17-8-2-14(3-9-17)12-22-19(24)13-27-20(25)11-10-18(23)15-4-6-16(21)7-5-15/h2-9H,10-13H2,1H3,(H,22,24). The predicted molar refractivity (Wildman–Crippen MR) is 101 cm³/mol. The van der Waals surface area contributed by atoms with Crippen molar-refractivity contribution in [3.8, 4) is 5.75 Å². The topological polar surface area (TPSA) is 81.7 Å².